The van der Waals surface area contributed by atoms with E-state index in [2.05, 4.69) is 5.32 Å². The molecule has 2 rings (SSSR count). The lowest BCUT2D eigenvalue weighted by Gasteiger charge is -2.20. The summed E-state index contributed by atoms with van der Waals surface area (Å²) in [7, 11) is 1.64. The van der Waals surface area contributed by atoms with Crippen LogP contribution in [-0.2, 0) is 9.53 Å². The monoisotopic (exact) mass is 299 g/mol. The Morgan fingerprint density at radius 1 is 1.09 bits per heavy atom. The van der Waals surface area contributed by atoms with Gasteiger partial charge in [0.05, 0.1) is 26.3 Å². The third kappa shape index (κ3) is 4.33. The van der Waals surface area contributed by atoms with Gasteiger partial charge in [-0.1, -0.05) is 42.5 Å². The highest BCUT2D eigenvalue weighted by Gasteiger charge is 2.15. The highest BCUT2D eigenvalue weighted by molar-refractivity contribution is 5.71. The van der Waals surface area contributed by atoms with Crippen LogP contribution < -0.4 is 10.1 Å². The van der Waals surface area contributed by atoms with Crippen molar-refractivity contribution < 1.29 is 14.3 Å². The topological polar surface area (TPSA) is 47.6 Å². The molecule has 0 saturated carbocycles. The van der Waals surface area contributed by atoms with Crippen LogP contribution in [-0.4, -0.2) is 26.2 Å². The maximum absolute atomic E-state index is 11.6. The van der Waals surface area contributed by atoms with Crippen molar-refractivity contribution in [3.8, 4) is 5.75 Å². The van der Waals surface area contributed by atoms with Gasteiger partial charge in [0.2, 0.25) is 0 Å². The predicted octanol–water partition coefficient (Wildman–Crippen LogP) is 2.94. The van der Waals surface area contributed by atoms with Crippen LogP contribution in [0, 0.1) is 0 Å². The summed E-state index contributed by atoms with van der Waals surface area (Å²) in [6.45, 7) is 2.34. The largest absolute Gasteiger partial charge is 0.497 e. The maximum Gasteiger partial charge on any atom is 0.319 e. The number of esters is 1. The molecule has 0 fully saturated rings. The van der Waals surface area contributed by atoms with Gasteiger partial charge in [0.15, 0.2) is 0 Å². The van der Waals surface area contributed by atoms with Crippen LogP contribution in [0.1, 0.15) is 24.1 Å². The van der Waals surface area contributed by atoms with Gasteiger partial charge in [-0.25, -0.2) is 0 Å². The maximum atomic E-state index is 11.6. The molecule has 0 spiro atoms. The normalized spacial score (nSPS) is 11.7. The molecular formula is C18H21NO3. The standard InChI is InChI=1S/C18H21NO3/c1-3-22-17(20)13-19-18(14-8-5-4-6-9-14)15-10-7-11-16(12-15)21-2/h4-12,18-19H,3,13H2,1-2H3. The summed E-state index contributed by atoms with van der Waals surface area (Å²) >= 11 is 0. The van der Waals surface area contributed by atoms with E-state index in [4.69, 9.17) is 9.47 Å². The molecule has 2 aromatic carbocycles. The summed E-state index contributed by atoms with van der Waals surface area (Å²) < 4.78 is 10.3. The van der Waals surface area contributed by atoms with E-state index in [0.29, 0.717) is 6.61 Å². The van der Waals surface area contributed by atoms with Gasteiger partial charge >= 0.3 is 5.97 Å². The number of methoxy groups -OCH3 is 1. The fourth-order valence-corrected chi connectivity index (χ4v) is 2.29. The van der Waals surface area contributed by atoms with Gasteiger partial charge in [-0.05, 0) is 30.2 Å². The van der Waals surface area contributed by atoms with E-state index in [0.717, 1.165) is 16.9 Å². The molecule has 1 N–H and O–H groups in total. The van der Waals surface area contributed by atoms with Crippen molar-refractivity contribution >= 4 is 5.97 Å². The highest BCUT2D eigenvalue weighted by atomic mass is 16.5. The molecule has 0 radical (unpaired) electrons. The summed E-state index contributed by atoms with van der Waals surface area (Å²) in [5, 5.41) is 3.26. The Hall–Kier alpha value is -2.33. The SMILES string of the molecule is CCOC(=O)CNC(c1ccccc1)c1cccc(OC)c1. The van der Waals surface area contributed by atoms with E-state index in [1.54, 1.807) is 14.0 Å². The molecule has 0 heterocycles. The minimum atomic E-state index is -0.258. The number of hydrogen-bond acceptors (Lipinski definition) is 4. The van der Waals surface area contributed by atoms with E-state index in [-0.39, 0.29) is 18.6 Å². The number of ether oxygens (including phenoxy) is 2. The molecule has 116 valence electrons. The lowest BCUT2D eigenvalue weighted by atomic mass is 9.98. The Morgan fingerprint density at radius 2 is 1.82 bits per heavy atom. The number of hydrogen-bond donors (Lipinski definition) is 1. The zero-order chi connectivity index (χ0) is 15.8. The zero-order valence-electron chi connectivity index (χ0n) is 12.9. The second-order valence-electron chi connectivity index (χ2n) is 4.81. The number of benzene rings is 2. The Morgan fingerprint density at radius 3 is 2.50 bits per heavy atom. The summed E-state index contributed by atoms with van der Waals surface area (Å²) in [6, 6.07) is 17.7. The second kappa shape index (κ2) is 8.20. The average molecular weight is 299 g/mol. The molecule has 1 unspecified atom stereocenters. The van der Waals surface area contributed by atoms with Crippen molar-refractivity contribution in [2.45, 2.75) is 13.0 Å². The molecule has 0 aliphatic carbocycles. The zero-order valence-corrected chi connectivity index (χ0v) is 12.9. The predicted molar refractivity (Wildman–Crippen MR) is 85.9 cm³/mol. The Kier molecular flexibility index (Phi) is 5.98. The number of carbonyl (C=O) groups excluding carboxylic acids is 1. The van der Waals surface area contributed by atoms with Gasteiger partial charge < -0.3 is 9.47 Å². The molecule has 22 heavy (non-hydrogen) atoms. The summed E-state index contributed by atoms with van der Waals surface area (Å²) in [6.07, 6.45) is 0. The van der Waals surface area contributed by atoms with E-state index < -0.39 is 0 Å². The third-order valence-electron chi connectivity index (χ3n) is 3.32. The molecule has 0 amide bonds. The van der Waals surface area contributed by atoms with Crippen LogP contribution in [0.3, 0.4) is 0 Å². The van der Waals surface area contributed by atoms with Gasteiger partial charge in [-0.2, -0.15) is 0 Å². The highest BCUT2D eigenvalue weighted by Crippen LogP contribution is 2.25. The smallest absolute Gasteiger partial charge is 0.319 e. The third-order valence-corrected chi connectivity index (χ3v) is 3.32. The van der Waals surface area contributed by atoms with Crippen molar-refractivity contribution in [1.82, 2.24) is 5.32 Å². The van der Waals surface area contributed by atoms with Gasteiger partial charge in [0, 0.05) is 0 Å². The van der Waals surface area contributed by atoms with E-state index in [1.807, 2.05) is 54.6 Å². The van der Waals surface area contributed by atoms with E-state index in [1.165, 1.54) is 0 Å². The van der Waals surface area contributed by atoms with E-state index >= 15 is 0 Å². The molecular weight excluding hydrogens is 278 g/mol. The van der Waals surface area contributed by atoms with Crippen molar-refractivity contribution in [3.05, 3.63) is 65.7 Å². The Balaban J connectivity index is 2.23. The quantitative estimate of drug-likeness (QED) is 0.799. The molecule has 0 aliphatic heterocycles. The van der Waals surface area contributed by atoms with Crippen molar-refractivity contribution in [2.24, 2.45) is 0 Å². The lowest BCUT2D eigenvalue weighted by Crippen LogP contribution is -2.29. The van der Waals surface area contributed by atoms with Gasteiger partial charge in [0.25, 0.3) is 0 Å². The summed E-state index contributed by atoms with van der Waals surface area (Å²) in [5.74, 6) is 0.530. The van der Waals surface area contributed by atoms with Crippen LogP contribution in [0.2, 0.25) is 0 Å². The Labute approximate surface area is 131 Å². The summed E-state index contributed by atoms with van der Waals surface area (Å²) in [4.78, 5) is 11.6. The number of carbonyl (C=O) groups is 1. The fraction of sp³-hybridized carbons (Fsp3) is 0.278. The Bertz CT molecular complexity index is 598. The fourth-order valence-electron chi connectivity index (χ4n) is 2.29. The van der Waals surface area contributed by atoms with Gasteiger partial charge in [0.1, 0.15) is 5.75 Å². The van der Waals surface area contributed by atoms with Crippen molar-refractivity contribution in [3.63, 3.8) is 0 Å². The molecule has 0 aliphatic rings. The second-order valence-corrected chi connectivity index (χ2v) is 4.81. The van der Waals surface area contributed by atoms with Crippen molar-refractivity contribution in [1.29, 1.82) is 0 Å². The molecule has 4 heteroatoms. The molecule has 2 aromatic rings. The molecule has 0 aromatic heterocycles. The molecule has 0 saturated heterocycles. The van der Waals surface area contributed by atoms with Crippen molar-refractivity contribution in [2.75, 3.05) is 20.3 Å². The van der Waals surface area contributed by atoms with Gasteiger partial charge in [-0.3, -0.25) is 10.1 Å². The minimum Gasteiger partial charge on any atom is -0.497 e. The van der Waals surface area contributed by atoms with Crippen LogP contribution in [0.5, 0.6) is 5.75 Å². The van der Waals surface area contributed by atoms with Crippen LogP contribution in [0.15, 0.2) is 54.6 Å². The molecule has 1 atom stereocenters. The summed E-state index contributed by atoms with van der Waals surface area (Å²) in [5.41, 5.74) is 2.12. The first kappa shape index (κ1) is 16.0. The lowest BCUT2D eigenvalue weighted by molar-refractivity contribution is -0.142. The van der Waals surface area contributed by atoms with Crippen LogP contribution >= 0.6 is 0 Å². The first-order valence-electron chi connectivity index (χ1n) is 7.32. The first-order valence-corrected chi connectivity index (χ1v) is 7.32. The van der Waals surface area contributed by atoms with Gasteiger partial charge in [-0.15, -0.1) is 0 Å². The molecule has 0 bridgehead atoms. The van der Waals surface area contributed by atoms with E-state index in [9.17, 15) is 4.79 Å². The number of rotatable bonds is 7. The molecule has 4 nitrogen and oxygen atoms in total. The van der Waals surface area contributed by atoms with Crippen LogP contribution in [0.25, 0.3) is 0 Å². The average Bonchev–Trinajstić information content (AvgIpc) is 2.56. The minimum absolute atomic E-state index is 0.0966. The van der Waals surface area contributed by atoms with Crippen LogP contribution in [0.4, 0.5) is 0 Å². The number of nitrogens with one attached hydrogen (secondary N) is 1. The first-order chi connectivity index (χ1) is 10.7.